The van der Waals surface area contributed by atoms with Crippen LogP contribution in [0.4, 0.5) is 10.5 Å². The summed E-state index contributed by atoms with van der Waals surface area (Å²) in [6, 6.07) is 14.5. The van der Waals surface area contributed by atoms with Gasteiger partial charge in [0.2, 0.25) is 0 Å². The minimum atomic E-state index is -0.261. The van der Waals surface area contributed by atoms with Crippen LogP contribution in [0.15, 0.2) is 53.0 Å². The fraction of sp³-hybridized carbons (Fsp3) is 0.133. The van der Waals surface area contributed by atoms with E-state index in [-0.39, 0.29) is 12.1 Å². The van der Waals surface area contributed by atoms with Gasteiger partial charge in [0.05, 0.1) is 6.04 Å². The lowest BCUT2D eigenvalue weighted by atomic mass is 10.1. The normalized spacial score (nSPS) is 11.8. The maximum Gasteiger partial charge on any atom is 0.319 e. The van der Waals surface area contributed by atoms with Crippen LogP contribution in [0.2, 0.25) is 5.02 Å². The van der Waals surface area contributed by atoms with E-state index in [1.54, 1.807) is 24.3 Å². The van der Waals surface area contributed by atoms with Crippen LogP contribution in [0.5, 0.6) is 0 Å². The van der Waals surface area contributed by atoms with Gasteiger partial charge in [0.25, 0.3) is 0 Å². The first-order valence-corrected chi connectivity index (χ1v) is 7.30. The molecule has 0 radical (unpaired) electrons. The number of carbonyl (C=O) groups excluding carboxylic acids is 1. The van der Waals surface area contributed by atoms with E-state index < -0.39 is 0 Å². The maximum absolute atomic E-state index is 11.9. The zero-order valence-corrected chi connectivity index (χ0v) is 13.2. The largest absolute Gasteiger partial charge is 0.331 e. The van der Waals surface area contributed by atoms with E-state index >= 15 is 0 Å². The van der Waals surface area contributed by atoms with Crippen molar-refractivity contribution < 1.29 is 4.79 Å². The lowest BCUT2D eigenvalue weighted by Crippen LogP contribution is -2.31. The quantitative estimate of drug-likeness (QED) is 0.802. The molecule has 0 spiro atoms. The third-order valence-corrected chi connectivity index (χ3v) is 3.56. The Morgan fingerprint density at radius 3 is 2.55 bits per heavy atom. The Kier molecular flexibility index (Phi) is 5.04. The predicted octanol–water partition coefficient (Wildman–Crippen LogP) is 4.99. The lowest BCUT2D eigenvalue weighted by Gasteiger charge is -2.15. The average molecular weight is 354 g/mol. The molecule has 0 aliphatic heterocycles. The van der Waals surface area contributed by atoms with Crippen LogP contribution in [0, 0.1) is 0 Å². The molecule has 2 aromatic carbocycles. The molecule has 20 heavy (non-hydrogen) atoms. The first-order valence-electron chi connectivity index (χ1n) is 6.13. The van der Waals surface area contributed by atoms with E-state index in [1.165, 1.54) is 0 Å². The van der Waals surface area contributed by atoms with Gasteiger partial charge >= 0.3 is 6.03 Å². The molecular weight excluding hydrogens is 340 g/mol. The summed E-state index contributed by atoms with van der Waals surface area (Å²) in [7, 11) is 0. The van der Waals surface area contributed by atoms with Crippen LogP contribution >= 0.6 is 27.5 Å². The Bertz CT molecular complexity index is 601. The van der Waals surface area contributed by atoms with E-state index in [1.807, 2.05) is 31.2 Å². The highest BCUT2D eigenvalue weighted by molar-refractivity contribution is 9.10. The number of urea groups is 1. The molecule has 0 heterocycles. The number of rotatable bonds is 3. The lowest BCUT2D eigenvalue weighted by molar-refractivity contribution is 0.249. The van der Waals surface area contributed by atoms with Gasteiger partial charge in [0.15, 0.2) is 0 Å². The van der Waals surface area contributed by atoms with Crippen molar-refractivity contribution in [1.29, 1.82) is 0 Å². The van der Waals surface area contributed by atoms with Gasteiger partial charge in [-0.1, -0.05) is 45.7 Å². The molecule has 0 aliphatic rings. The molecule has 2 N–H and O–H groups in total. The molecule has 2 amide bonds. The second-order valence-electron chi connectivity index (χ2n) is 4.38. The molecular formula is C15H14BrClN2O. The Labute approximate surface area is 131 Å². The van der Waals surface area contributed by atoms with Gasteiger partial charge < -0.3 is 10.6 Å². The van der Waals surface area contributed by atoms with Crippen LogP contribution in [-0.2, 0) is 0 Å². The summed E-state index contributed by atoms with van der Waals surface area (Å²) < 4.78 is 1.01. The van der Waals surface area contributed by atoms with Gasteiger partial charge in [-0.2, -0.15) is 0 Å². The monoisotopic (exact) mass is 352 g/mol. The SMILES string of the molecule is C[C@@H](NC(=O)Nc1cccc(Cl)c1)c1ccc(Br)cc1. The molecule has 0 fully saturated rings. The number of hydrogen-bond acceptors (Lipinski definition) is 1. The maximum atomic E-state index is 11.9. The molecule has 0 bridgehead atoms. The predicted molar refractivity (Wildman–Crippen MR) is 86.2 cm³/mol. The van der Waals surface area contributed by atoms with Gasteiger partial charge in [0.1, 0.15) is 0 Å². The number of amides is 2. The van der Waals surface area contributed by atoms with Crippen LogP contribution in [0.25, 0.3) is 0 Å². The van der Waals surface area contributed by atoms with Crippen molar-refractivity contribution >= 4 is 39.2 Å². The van der Waals surface area contributed by atoms with E-state index in [4.69, 9.17) is 11.6 Å². The number of benzene rings is 2. The summed E-state index contributed by atoms with van der Waals surface area (Å²) in [5, 5.41) is 6.21. The van der Waals surface area contributed by atoms with Gasteiger partial charge in [-0.3, -0.25) is 0 Å². The van der Waals surface area contributed by atoms with Crippen LogP contribution in [0.3, 0.4) is 0 Å². The molecule has 0 unspecified atom stereocenters. The summed E-state index contributed by atoms with van der Waals surface area (Å²) in [6.45, 7) is 1.93. The number of nitrogens with one attached hydrogen (secondary N) is 2. The topological polar surface area (TPSA) is 41.1 Å². The average Bonchev–Trinajstić information content (AvgIpc) is 2.39. The molecule has 0 aliphatic carbocycles. The Morgan fingerprint density at radius 2 is 1.90 bits per heavy atom. The number of anilines is 1. The van der Waals surface area contributed by atoms with Gasteiger partial charge in [-0.05, 0) is 42.8 Å². The first kappa shape index (κ1) is 14.9. The standard InChI is InChI=1S/C15H14BrClN2O/c1-10(11-5-7-12(16)8-6-11)18-15(20)19-14-4-2-3-13(17)9-14/h2-10H,1H3,(H2,18,19,20)/t10-/m1/s1. The Morgan fingerprint density at radius 1 is 1.20 bits per heavy atom. The molecule has 0 saturated heterocycles. The fourth-order valence-electron chi connectivity index (χ4n) is 1.76. The van der Waals surface area contributed by atoms with Crippen molar-refractivity contribution in [1.82, 2.24) is 5.32 Å². The first-order chi connectivity index (χ1) is 9.54. The summed E-state index contributed by atoms with van der Waals surface area (Å²) in [4.78, 5) is 11.9. The summed E-state index contributed by atoms with van der Waals surface area (Å²) >= 11 is 9.25. The summed E-state index contributed by atoms with van der Waals surface area (Å²) in [5.41, 5.74) is 1.70. The van der Waals surface area contributed by atoms with E-state index in [9.17, 15) is 4.79 Å². The molecule has 0 saturated carbocycles. The van der Waals surface area contributed by atoms with Crippen LogP contribution in [-0.4, -0.2) is 6.03 Å². The molecule has 2 rings (SSSR count). The highest BCUT2D eigenvalue weighted by Gasteiger charge is 2.09. The van der Waals surface area contributed by atoms with Crippen molar-refractivity contribution in [3.05, 3.63) is 63.6 Å². The second kappa shape index (κ2) is 6.77. The minimum Gasteiger partial charge on any atom is -0.331 e. The van der Waals surface area contributed by atoms with E-state index in [2.05, 4.69) is 26.6 Å². The molecule has 104 valence electrons. The molecule has 1 atom stereocenters. The van der Waals surface area contributed by atoms with Gasteiger partial charge in [-0.25, -0.2) is 4.79 Å². The minimum absolute atomic E-state index is 0.0812. The van der Waals surface area contributed by atoms with Crippen LogP contribution < -0.4 is 10.6 Å². The summed E-state index contributed by atoms with van der Waals surface area (Å²) in [6.07, 6.45) is 0. The van der Waals surface area contributed by atoms with Crippen molar-refractivity contribution in [2.24, 2.45) is 0 Å². The third-order valence-electron chi connectivity index (χ3n) is 2.80. The van der Waals surface area contributed by atoms with E-state index in [0.29, 0.717) is 10.7 Å². The number of halogens is 2. The molecule has 0 aromatic heterocycles. The van der Waals surface area contributed by atoms with Gasteiger partial charge in [0, 0.05) is 15.2 Å². The Balaban J connectivity index is 1.95. The molecule has 3 nitrogen and oxygen atoms in total. The molecule has 5 heteroatoms. The fourth-order valence-corrected chi connectivity index (χ4v) is 2.22. The highest BCUT2D eigenvalue weighted by Crippen LogP contribution is 2.17. The van der Waals surface area contributed by atoms with E-state index in [0.717, 1.165) is 10.0 Å². The molecule has 2 aromatic rings. The Hall–Kier alpha value is -1.52. The smallest absolute Gasteiger partial charge is 0.319 e. The van der Waals surface area contributed by atoms with Gasteiger partial charge in [-0.15, -0.1) is 0 Å². The number of carbonyl (C=O) groups is 1. The zero-order valence-electron chi connectivity index (χ0n) is 10.9. The van der Waals surface area contributed by atoms with Crippen LogP contribution in [0.1, 0.15) is 18.5 Å². The van der Waals surface area contributed by atoms with Crippen molar-refractivity contribution in [2.75, 3.05) is 5.32 Å². The zero-order chi connectivity index (χ0) is 14.5. The second-order valence-corrected chi connectivity index (χ2v) is 5.73. The third kappa shape index (κ3) is 4.25. The van der Waals surface area contributed by atoms with Crippen molar-refractivity contribution in [2.45, 2.75) is 13.0 Å². The number of hydrogen-bond donors (Lipinski definition) is 2. The summed E-state index contributed by atoms with van der Waals surface area (Å²) in [5.74, 6) is 0. The highest BCUT2D eigenvalue weighted by atomic mass is 79.9. The van der Waals surface area contributed by atoms with Crippen molar-refractivity contribution in [3.63, 3.8) is 0 Å². The van der Waals surface area contributed by atoms with Crippen molar-refractivity contribution in [3.8, 4) is 0 Å².